The van der Waals surface area contributed by atoms with Crippen molar-refractivity contribution < 1.29 is 14.0 Å². The first-order valence-corrected chi connectivity index (χ1v) is 12.4. The molecule has 2 aliphatic carbocycles. The predicted octanol–water partition coefficient (Wildman–Crippen LogP) is 5.01. The maximum atomic E-state index is 12.9. The lowest BCUT2D eigenvalue weighted by molar-refractivity contribution is 0.0996. The average Bonchev–Trinajstić information content (AvgIpc) is 3.53. The van der Waals surface area contributed by atoms with E-state index in [0.717, 1.165) is 36.2 Å². The van der Waals surface area contributed by atoms with Crippen molar-refractivity contribution in [1.29, 1.82) is 5.26 Å². The van der Waals surface area contributed by atoms with Crippen LogP contribution in [0.5, 0.6) is 0 Å². The molecular weight excluding hydrogens is 442 g/mol. The molecule has 3 heterocycles. The lowest BCUT2D eigenvalue weighted by atomic mass is 9.73. The average molecular weight is 474 g/mol. The second-order valence-electron chi connectivity index (χ2n) is 10.2. The van der Waals surface area contributed by atoms with E-state index in [0.29, 0.717) is 24.2 Å². The van der Waals surface area contributed by atoms with Gasteiger partial charge >= 0.3 is 6.03 Å². The molecule has 2 aromatic heterocycles. The Morgan fingerprint density at radius 1 is 1.14 bits per heavy atom. The number of amides is 3. The number of allylic oxidation sites excluding steroid dienone is 2. The Morgan fingerprint density at radius 3 is 2.51 bits per heavy atom. The van der Waals surface area contributed by atoms with Crippen LogP contribution >= 0.6 is 0 Å². The van der Waals surface area contributed by atoms with Crippen molar-refractivity contribution in [3.8, 4) is 6.07 Å². The molecule has 3 amide bonds. The molecule has 0 aromatic carbocycles. The highest BCUT2D eigenvalue weighted by Gasteiger charge is 2.36. The van der Waals surface area contributed by atoms with Crippen molar-refractivity contribution in [2.24, 2.45) is 5.41 Å². The first kappa shape index (κ1) is 23.2. The van der Waals surface area contributed by atoms with Crippen LogP contribution in [0.2, 0.25) is 0 Å². The SMILES string of the molecule is CN1CC(c2ccc(NC(=O)c3ccc(C#N)o3)c(C3=CCC4(CCCC4)CC3)n2)CN(C)C1=O. The van der Waals surface area contributed by atoms with E-state index >= 15 is 0 Å². The summed E-state index contributed by atoms with van der Waals surface area (Å²) in [7, 11) is 3.62. The van der Waals surface area contributed by atoms with Crippen molar-refractivity contribution >= 4 is 23.2 Å². The van der Waals surface area contributed by atoms with E-state index in [4.69, 9.17) is 14.7 Å². The number of aromatic nitrogens is 1. The highest BCUT2D eigenvalue weighted by Crippen LogP contribution is 2.50. The highest BCUT2D eigenvalue weighted by atomic mass is 16.3. The summed E-state index contributed by atoms with van der Waals surface area (Å²) in [4.78, 5) is 33.6. The van der Waals surface area contributed by atoms with Crippen LogP contribution in [0.3, 0.4) is 0 Å². The number of nitriles is 1. The Hall–Kier alpha value is -3.60. The van der Waals surface area contributed by atoms with Crippen LogP contribution in [0.4, 0.5) is 10.5 Å². The minimum atomic E-state index is -0.409. The van der Waals surface area contributed by atoms with Crippen molar-refractivity contribution in [1.82, 2.24) is 14.8 Å². The molecule has 0 atom stereocenters. The van der Waals surface area contributed by atoms with Crippen molar-refractivity contribution in [2.75, 3.05) is 32.5 Å². The molecule has 182 valence electrons. The zero-order valence-corrected chi connectivity index (χ0v) is 20.3. The fraction of sp³-hybridized carbons (Fsp3) is 0.481. The topological polar surface area (TPSA) is 102 Å². The molecule has 5 rings (SSSR count). The third kappa shape index (κ3) is 4.55. The largest absolute Gasteiger partial charge is 0.440 e. The van der Waals surface area contributed by atoms with Crippen LogP contribution in [-0.4, -0.2) is 53.9 Å². The molecule has 1 aliphatic heterocycles. The number of hydrogen-bond donors (Lipinski definition) is 1. The summed E-state index contributed by atoms with van der Waals surface area (Å²) in [5.41, 5.74) is 3.93. The Morgan fingerprint density at radius 2 is 1.89 bits per heavy atom. The quantitative estimate of drug-likeness (QED) is 0.673. The number of hydrogen-bond acceptors (Lipinski definition) is 5. The predicted molar refractivity (Wildman–Crippen MR) is 132 cm³/mol. The summed E-state index contributed by atoms with van der Waals surface area (Å²) >= 11 is 0. The molecule has 35 heavy (non-hydrogen) atoms. The number of nitrogens with one attached hydrogen (secondary N) is 1. The lowest BCUT2D eigenvalue weighted by Gasteiger charge is -2.36. The van der Waals surface area contributed by atoms with Crippen molar-refractivity contribution in [2.45, 2.75) is 50.9 Å². The van der Waals surface area contributed by atoms with E-state index in [9.17, 15) is 9.59 Å². The fourth-order valence-corrected chi connectivity index (χ4v) is 5.84. The van der Waals surface area contributed by atoms with Crippen molar-refractivity contribution in [3.63, 3.8) is 0 Å². The molecule has 2 fully saturated rings. The zero-order valence-electron chi connectivity index (χ0n) is 20.3. The molecule has 2 aromatic rings. The molecular formula is C27H31N5O3. The third-order valence-electron chi connectivity index (χ3n) is 7.84. The van der Waals surface area contributed by atoms with Gasteiger partial charge in [0.05, 0.1) is 11.4 Å². The fourth-order valence-electron chi connectivity index (χ4n) is 5.84. The first-order valence-electron chi connectivity index (χ1n) is 12.4. The van der Waals surface area contributed by atoms with Gasteiger partial charge < -0.3 is 19.5 Å². The Bertz CT molecular complexity index is 1200. The van der Waals surface area contributed by atoms with Crippen LogP contribution in [0.1, 0.15) is 78.6 Å². The first-order chi connectivity index (χ1) is 16.9. The molecule has 0 unspecified atom stereocenters. The Kier molecular flexibility index (Phi) is 6.10. The van der Waals surface area contributed by atoms with Gasteiger partial charge in [-0.05, 0) is 67.4 Å². The maximum absolute atomic E-state index is 12.9. The van der Waals surface area contributed by atoms with E-state index < -0.39 is 5.91 Å². The van der Waals surface area contributed by atoms with Gasteiger partial charge in [-0.2, -0.15) is 5.26 Å². The maximum Gasteiger partial charge on any atom is 0.319 e. The van der Waals surface area contributed by atoms with Crippen LogP contribution < -0.4 is 5.32 Å². The number of rotatable bonds is 4. The number of pyridine rings is 1. The molecule has 0 bridgehead atoms. The molecule has 1 saturated heterocycles. The standard InChI is InChI=1S/C27H31N5O3/c1-31-16-19(17-32(2)26(31)34)21-6-7-22(30-25(33)23-8-5-20(15-28)35-23)24(29-21)18-9-13-27(14-10-18)11-3-4-12-27/h5-9,19H,3-4,10-14,16-17H2,1-2H3,(H,30,33). The summed E-state index contributed by atoms with van der Waals surface area (Å²) in [5.74, 6) is -0.137. The lowest BCUT2D eigenvalue weighted by Crippen LogP contribution is -2.49. The molecule has 1 spiro atoms. The third-order valence-corrected chi connectivity index (χ3v) is 7.84. The van der Waals surface area contributed by atoms with Crippen molar-refractivity contribution in [3.05, 3.63) is 53.2 Å². The van der Waals surface area contributed by atoms with Gasteiger partial charge in [-0.1, -0.05) is 18.9 Å². The van der Waals surface area contributed by atoms with Gasteiger partial charge in [-0.25, -0.2) is 4.79 Å². The number of furan rings is 1. The van der Waals surface area contributed by atoms with Crippen LogP contribution in [0, 0.1) is 16.7 Å². The van der Waals surface area contributed by atoms with Gasteiger partial charge in [-0.15, -0.1) is 0 Å². The van der Waals surface area contributed by atoms with Crippen LogP contribution in [-0.2, 0) is 0 Å². The number of carbonyl (C=O) groups is 2. The number of carbonyl (C=O) groups excluding carboxylic acids is 2. The number of nitrogens with zero attached hydrogens (tertiary/aromatic N) is 4. The highest BCUT2D eigenvalue weighted by molar-refractivity contribution is 6.03. The minimum Gasteiger partial charge on any atom is -0.440 e. The number of anilines is 1. The smallest absolute Gasteiger partial charge is 0.319 e. The summed E-state index contributed by atoms with van der Waals surface area (Å²) in [6.07, 6.45) is 10.7. The van der Waals surface area contributed by atoms with E-state index in [2.05, 4.69) is 11.4 Å². The minimum absolute atomic E-state index is 0.0115. The summed E-state index contributed by atoms with van der Waals surface area (Å²) in [6.45, 7) is 1.21. The van der Waals surface area contributed by atoms with Crippen LogP contribution in [0.15, 0.2) is 34.8 Å². The van der Waals surface area contributed by atoms with Gasteiger partial charge in [0.25, 0.3) is 5.91 Å². The Labute approximate surface area is 205 Å². The molecule has 8 heteroatoms. The van der Waals surface area contributed by atoms with Gasteiger partial charge in [0.15, 0.2) is 5.76 Å². The molecule has 8 nitrogen and oxygen atoms in total. The second kappa shape index (κ2) is 9.21. The zero-order chi connectivity index (χ0) is 24.6. The normalized spacial score (nSPS) is 20.1. The Balaban J connectivity index is 1.46. The molecule has 0 radical (unpaired) electrons. The molecule has 1 N–H and O–H groups in total. The second-order valence-corrected chi connectivity index (χ2v) is 10.2. The summed E-state index contributed by atoms with van der Waals surface area (Å²) < 4.78 is 5.32. The van der Waals surface area contributed by atoms with Gasteiger partial charge in [0.1, 0.15) is 6.07 Å². The monoisotopic (exact) mass is 473 g/mol. The van der Waals surface area contributed by atoms with E-state index in [1.807, 2.05) is 32.3 Å². The summed E-state index contributed by atoms with van der Waals surface area (Å²) in [6, 6.07) is 8.75. The summed E-state index contributed by atoms with van der Waals surface area (Å²) in [5, 5.41) is 12.0. The van der Waals surface area contributed by atoms with Gasteiger partial charge in [0, 0.05) is 38.8 Å². The number of likely N-dealkylation sites (N-methyl/N-ethyl adjacent to an activating group) is 2. The van der Waals surface area contributed by atoms with Crippen LogP contribution in [0.25, 0.3) is 5.57 Å². The molecule has 3 aliphatic rings. The molecule has 1 saturated carbocycles. The van der Waals surface area contributed by atoms with E-state index in [1.165, 1.54) is 37.8 Å². The van der Waals surface area contributed by atoms with E-state index in [-0.39, 0.29) is 23.5 Å². The van der Waals surface area contributed by atoms with E-state index in [1.54, 1.807) is 9.80 Å². The number of urea groups is 1. The van der Waals surface area contributed by atoms with Gasteiger partial charge in [0.2, 0.25) is 5.76 Å². The van der Waals surface area contributed by atoms with Gasteiger partial charge in [-0.3, -0.25) is 9.78 Å².